The molecule has 5 heteroatoms. The van der Waals surface area contributed by atoms with Crippen LogP contribution < -0.4 is 0 Å². The molecule has 3 fully saturated rings. The fraction of sp³-hybridized carbons (Fsp3) is 0.611. The summed E-state index contributed by atoms with van der Waals surface area (Å²) in [5.41, 5.74) is 0.870. The molecule has 3 aliphatic rings. The Hall–Kier alpha value is -1.46. The fourth-order valence-corrected chi connectivity index (χ4v) is 3.88. The molecule has 23 heavy (non-hydrogen) atoms. The first-order chi connectivity index (χ1) is 11.2. The van der Waals surface area contributed by atoms with Crippen molar-refractivity contribution in [1.82, 2.24) is 9.80 Å². The number of hydrogen-bond donors (Lipinski definition) is 0. The highest BCUT2D eigenvalue weighted by Crippen LogP contribution is 2.38. The third kappa shape index (κ3) is 3.26. The molecule has 1 aromatic carbocycles. The second-order valence-corrected chi connectivity index (χ2v) is 6.98. The number of ether oxygens (including phenoxy) is 1. The van der Waals surface area contributed by atoms with Gasteiger partial charge in [-0.3, -0.25) is 9.69 Å². The Balaban J connectivity index is 1.37. The highest BCUT2D eigenvalue weighted by atomic mass is 19.1. The molecular weight excluding hydrogens is 295 g/mol. The third-order valence-electron chi connectivity index (χ3n) is 5.34. The first kappa shape index (κ1) is 15.1. The lowest BCUT2D eigenvalue weighted by atomic mass is 10.0. The van der Waals surface area contributed by atoms with E-state index in [9.17, 15) is 9.18 Å². The van der Waals surface area contributed by atoms with Crippen molar-refractivity contribution in [3.8, 4) is 0 Å². The summed E-state index contributed by atoms with van der Waals surface area (Å²) in [5, 5.41) is 0. The Bertz CT molecular complexity index is 573. The molecule has 0 unspecified atom stereocenters. The normalized spacial score (nSPS) is 28.5. The van der Waals surface area contributed by atoms with Gasteiger partial charge in [0.15, 0.2) is 0 Å². The number of hydrogen-bond acceptors (Lipinski definition) is 3. The number of nitrogens with zero attached hydrogens (tertiary/aromatic N) is 2. The summed E-state index contributed by atoms with van der Waals surface area (Å²) in [4.78, 5) is 17.0. The van der Waals surface area contributed by atoms with Gasteiger partial charge in [-0.2, -0.15) is 0 Å². The second-order valence-electron chi connectivity index (χ2n) is 6.98. The van der Waals surface area contributed by atoms with Gasteiger partial charge in [0, 0.05) is 25.7 Å². The first-order valence-corrected chi connectivity index (χ1v) is 8.56. The van der Waals surface area contributed by atoms with E-state index in [1.165, 1.54) is 25.0 Å². The van der Waals surface area contributed by atoms with Gasteiger partial charge in [-0.15, -0.1) is 0 Å². The minimum absolute atomic E-state index is 0.129. The highest BCUT2D eigenvalue weighted by Gasteiger charge is 2.43. The molecule has 1 aromatic rings. The number of rotatable bonds is 3. The lowest BCUT2D eigenvalue weighted by Crippen LogP contribution is -2.63. The predicted molar refractivity (Wildman–Crippen MR) is 84.5 cm³/mol. The lowest BCUT2D eigenvalue weighted by Gasteiger charge is -2.48. The van der Waals surface area contributed by atoms with Crippen LogP contribution in [-0.2, 0) is 16.0 Å². The molecule has 1 saturated carbocycles. The molecule has 2 aliphatic heterocycles. The summed E-state index contributed by atoms with van der Waals surface area (Å²) in [5.74, 6) is 0.671. The number of carbonyl (C=O) groups excluding carboxylic acids is 1. The molecule has 0 bridgehead atoms. The molecule has 2 heterocycles. The molecule has 2 atom stereocenters. The molecule has 1 amide bonds. The van der Waals surface area contributed by atoms with Gasteiger partial charge in [0.25, 0.3) is 0 Å². The molecule has 0 radical (unpaired) electrons. The van der Waals surface area contributed by atoms with E-state index in [-0.39, 0.29) is 11.7 Å². The zero-order valence-corrected chi connectivity index (χ0v) is 13.3. The van der Waals surface area contributed by atoms with Crippen molar-refractivity contribution in [3.05, 3.63) is 35.6 Å². The summed E-state index contributed by atoms with van der Waals surface area (Å²) >= 11 is 0. The minimum atomic E-state index is -0.264. The third-order valence-corrected chi connectivity index (χ3v) is 5.34. The van der Waals surface area contributed by atoms with Gasteiger partial charge in [0.2, 0.25) is 5.91 Å². The maximum absolute atomic E-state index is 13.0. The Morgan fingerprint density at radius 1 is 1.17 bits per heavy atom. The summed E-state index contributed by atoms with van der Waals surface area (Å²) < 4.78 is 18.7. The van der Waals surface area contributed by atoms with Gasteiger partial charge in [-0.05, 0) is 36.5 Å². The van der Waals surface area contributed by atoms with Crippen LogP contribution in [0, 0.1) is 11.7 Å². The van der Waals surface area contributed by atoms with Gasteiger partial charge in [-0.1, -0.05) is 12.1 Å². The number of morpholine rings is 1. The number of amides is 1. The van der Waals surface area contributed by atoms with E-state index >= 15 is 0 Å². The molecule has 0 N–H and O–H groups in total. The van der Waals surface area contributed by atoms with Crippen LogP contribution in [0.1, 0.15) is 18.4 Å². The van der Waals surface area contributed by atoms with Crippen LogP contribution in [0.4, 0.5) is 4.39 Å². The van der Waals surface area contributed by atoms with Crippen molar-refractivity contribution < 1.29 is 13.9 Å². The molecule has 124 valence electrons. The number of carbonyl (C=O) groups is 1. The van der Waals surface area contributed by atoms with E-state index in [4.69, 9.17) is 4.74 Å². The summed E-state index contributed by atoms with van der Waals surface area (Å²) in [6, 6.07) is 7.10. The Morgan fingerprint density at radius 3 is 2.70 bits per heavy atom. The zero-order chi connectivity index (χ0) is 15.8. The van der Waals surface area contributed by atoms with Crippen molar-refractivity contribution in [3.63, 3.8) is 0 Å². The quantitative estimate of drug-likeness (QED) is 0.850. The van der Waals surface area contributed by atoms with Crippen molar-refractivity contribution in [2.75, 3.05) is 32.8 Å². The topological polar surface area (TPSA) is 32.8 Å². The number of benzene rings is 1. The van der Waals surface area contributed by atoms with E-state index in [1.54, 1.807) is 12.1 Å². The van der Waals surface area contributed by atoms with Crippen molar-refractivity contribution in [1.29, 1.82) is 0 Å². The van der Waals surface area contributed by atoms with Crippen LogP contribution in [0.15, 0.2) is 24.3 Å². The molecule has 4 rings (SSSR count). The number of fused-ring (bicyclic) bond motifs is 1. The van der Waals surface area contributed by atoms with Gasteiger partial charge < -0.3 is 9.64 Å². The molecule has 0 spiro atoms. The molecule has 1 aliphatic carbocycles. The Morgan fingerprint density at radius 2 is 1.96 bits per heavy atom. The fourth-order valence-electron chi connectivity index (χ4n) is 3.88. The van der Waals surface area contributed by atoms with Crippen LogP contribution >= 0.6 is 0 Å². The van der Waals surface area contributed by atoms with Crippen LogP contribution in [0.3, 0.4) is 0 Å². The summed E-state index contributed by atoms with van der Waals surface area (Å²) in [6.07, 6.45) is 2.99. The van der Waals surface area contributed by atoms with E-state index < -0.39 is 0 Å². The summed E-state index contributed by atoms with van der Waals surface area (Å²) in [6.45, 7) is 4.07. The average Bonchev–Trinajstić information content (AvgIpc) is 3.41. The first-order valence-electron chi connectivity index (χ1n) is 8.56. The van der Waals surface area contributed by atoms with E-state index in [0.29, 0.717) is 18.5 Å². The number of halogens is 1. The molecular formula is C18H23FN2O2. The summed E-state index contributed by atoms with van der Waals surface area (Å²) in [7, 11) is 0. The average molecular weight is 318 g/mol. The smallest absolute Gasteiger partial charge is 0.227 e. The van der Waals surface area contributed by atoms with E-state index in [1.807, 2.05) is 4.90 Å². The van der Waals surface area contributed by atoms with Crippen LogP contribution in [-0.4, -0.2) is 60.6 Å². The van der Waals surface area contributed by atoms with Crippen LogP contribution in [0.2, 0.25) is 0 Å². The highest BCUT2D eigenvalue weighted by molar-refractivity contribution is 5.79. The van der Waals surface area contributed by atoms with Gasteiger partial charge in [0.05, 0.1) is 25.7 Å². The van der Waals surface area contributed by atoms with Crippen LogP contribution in [0.25, 0.3) is 0 Å². The largest absolute Gasteiger partial charge is 0.378 e. The lowest BCUT2D eigenvalue weighted by molar-refractivity contribution is -0.139. The van der Waals surface area contributed by atoms with Crippen molar-refractivity contribution in [2.24, 2.45) is 5.92 Å². The molecule has 0 aromatic heterocycles. The Labute approximate surface area is 136 Å². The van der Waals surface area contributed by atoms with E-state index in [0.717, 1.165) is 44.3 Å². The molecule has 4 nitrogen and oxygen atoms in total. The zero-order valence-electron chi connectivity index (χ0n) is 13.3. The van der Waals surface area contributed by atoms with Gasteiger partial charge >= 0.3 is 0 Å². The Kier molecular flexibility index (Phi) is 4.07. The van der Waals surface area contributed by atoms with E-state index in [2.05, 4.69) is 4.90 Å². The standard InChI is InChI=1S/C18H23FN2O2/c19-15-5-1-13(2-6-15)9-18(22)20-7-8-21-16(10-20)11-23-12-17(21)14-3-4-14/h1-2,5-6,14,16-17H,3-4,7-12H2/t16-,17-/m1/s1. The second kappa shape index (κ2) is 6.21. The van der Waals surface area contributed by atoms with Crippen molar-refractivity contribution >= 4 is 5.91 Å². The van der Waals surface area contributed by atoms with Crippen molar-refractivity contribution in [2.45, 2.75) is 31.3 Å². The molecule has 2 saturated heterocycles. The minimum Gasteiger partial charge on any atom is -0.378 e. The van der Waals surface area contributed by atoms with Crippen LogP contribution in [0.5, 0.6) is 0 Å². The SMILES string of the molecule is O=C(Cc1ccc(F)cc1)N1CCN2[C@@H](COC[C@@H]2C2CC2)C1. The number of piperazine rings is 1. The monoisotopic (exact) mass is 318 g/mol. The van der Waals surface area contributed by atoms with Gasteiger partial charge in [0.1, 0.15) is 5.82 Å². The maximum atomic E-state index is 13.0. The predicted octanol–water partition coefficient (Wildman–Crippen LogP) is 1.69. The maximum Gasteiger partial charge on any atom is 0.227 e. The van der Waals surface area contributed by atoms with Gasteiger partial charge in [-0.25, -0.2) is 4.39 Å².